The fourth-order valence-corrected chi connectivity index (χ4v) is 2.91. The molecule has 130 valence electrons. The predicted molar refractivity (Wildman–Crippen MR) is 101 cm³/mol. The minimum atomic E-state index is -0.272. The van der Waals surface area contributed by atoms with E-state index in [1.807, 2.05) is 61.5 Å². The number of amides is 1. The zero-order chi connectivity index (χ0) is 17.9. The average Bonchev–Trinajstić information content (AvgIpc) is 2.71. The van der Waals surface area contributed by atoms with Crippen LogP contribution in [0.25, 0.3) is 11.5 Å². The van der Waals surface area contributed by atoms with Crippen LogP contribution in [0.4, 0.5) is 11.5 Å². The first-order valence-corrected chi connectivity index (χ1v) is 8.67. The molecule has 6 heteroatoms. The van der Waals surface area contributed by atoms with Crippen LogP contribution in [0.1, 0.15) is 12.6 Å². The average molecular weight is 345 g/mol. The quantitative estimate of drug-likeness (QED) is 0.720. The number of benzene rings is 1. The Bertz CT molecular complexity index is 914. The second-order valence-electron chi connectivity index (χ2n) is 6.12. The van der Waals surface area contributed by atoms with Crippen molar-refractivity contribution in [1.82, 2.24) is 15.0 Å². The first kappa shape index (κ1) is 16.2. The minimum absolute atomic E-state index is 0.0484. The molecule has 3 aromatic rings. The summed E-state index contributed by atoms with van der Waals surface area (Å²) in [5.41, 5.74) is 2.55. The molecule has 1 aliphatic heterocycles. The van der Waals surface area contributed by atoms with Crippen LogP contribution < -0.4 is 10.2 Å². The number of hydrogen-bond donors (Lipinski definition) is 1. The number of aryl methyl sites for hydroxylation is 1. The van der Waals surface area contributed by atoms with Gasteiger partial charge in [0, 0.05) is 23.6 Å². The summed E-state index contributed by atoms with van der Waals surface area (Å²) in [6.07, 6.45) is 2.50. The van der Waals surface area contributed by atoms with Crippen LogP contribution in [-0.4, -0.2) is 33.4 Å². The van der Waals surface area contributed by atoms with Crippen LogP contribution in [0, 0.1) is 0 Å². The Hall–Kier alpha value is -3.28. The lowest BCUT2D eigenvalue weighted by molar-refractivity contribution is -0.123. The standard InChI is InChI=1S/C20H19N5O/c1-2-14-12-18(24-19(22-14)16-10-6-7-11-21-16)23-17-13-25(20(17)26)15-8-4-3-5-9-15/h3-12,17H,2,13H2,1H3,(H,22,23,24)/t17-/m1/s1. The summed E-state index contributed by atoms with van der Waals surface area (Å²) >= 11 is 0. The molecule has 0 bridgehead atoms. The molecular weight excluding hydrogens is 326 g/mol. The van der Waals surface area contributed by atoms with Gasteiger partial charge in [0.2, 0.25) is 0 Å². The van der Waals surface area contributed by atoms with Gasteiger partial charge in [-0.15, -0.1) is 0 Å². The number of pyridine rings is 1. The van der Waals surface area contributed by atoms with Gasteiger partial charge in [0.15, 0.2) is 5.82 Å². The molecule has 1 saturated heterocycles. The molecular formula is C20H19N5O. The fraction of sp³-hybridized carbons (Fsp3) is 0.200. The first-order valence-electron chi connectivity index (χ1n) is 8.67. The summed E-state index contributed by atoms with van der Waals surface area (Å²) in [6.45, 7) is 2.66. The van der Waals surface area contributed by atoms with E-state index in [0.717, 1.165) is 23.5 Å². The zero-order valence-electron chi connectivity index (χ0n) is 14.5. The predicted octanol–water partition coefficient (Wildman–Crippen LogP) is 2.93. The lowest BCUT2D eigenvalue weighted by Crippen LogP contribution is -2.60. The lowest BCUT2D eigenvalue weighted by Gasteiger charge is -2.38. The van der Waals surface area contributed by atoms with Crippen LogP contribution in [0.5, 0.6) is 0 Å². The lowest BCUT2D eigenvalue weighted by atomic mass is 10.1. The summed E-state index contributed by atoms with van der Waals surface area (Å²) in [4.78, 5) is 27.7. The number of anilines is 2. The maximum atomic E-state index is 12.5. The normalized spacial score (nSPS) is 16.3. The Balaban J connectivity index is 1.53. The Morgan fingerprint density at radius 1 is 1.12 bits per heavy atom. The number of nitrogens with zero attached hydrogens (tertiary/aromatic N) is 4. The van der Waals surface area contributed by atoms with Crippen LogP contribution in [-0.2, 0) is 11.2 Å². The second-order valence-corrected chi connectivity index (χ2v) is 6.12. The van der Waals surface area contributed by atoms with E-state index in [-0.39, 0.29) is 11.9 Å². The highest BCUT2D eigenvalue weighted by Crippen LogP contribution is 2.24. The highest BCUT2D eigenvalue weighted by molar-refractivity contribution is 6.05. The van der Waals surface area contributed by atoms with Gasteiger partial charge in [-0.05, 0) is 30.7 Å². The number of nitrogens with one attached hydrogen (secondary N) is 1. The first-order chi connectivity index (χ1) is 12.7. The summed E-state index contributed by atoms with van der Waals surface area (Å²) < 4.78 is 0. The van der Waals surface area contributed by atoms with Crippen molar-refractivity contribution in [3.8, 4) is 11.5 Å². The van der Waals surface area contributed by atoms with Crippen molar-refractivity contribution in [3.63, 3.8) is 0 Å². The van der Waals surface area contributed by atoms with E-state index < -0.39 is 0 Å². The van der Waals surface area contributed by atoms with Crippen molar-refractivity contribution in [2.24, 2.45) is 0 Å². The molecule has 1 N–H and O–H groups in total. The van der Waals surface area contributed by atoms with E-state index in [9.17, 15) is 4.79 Å². The van der Waals surface area contributed by atoms with E-state index in [2.05, 4.69) is 20.3 Å². The minimum Gasteiger partial charge on any atom is -0.357 e. The third-order valence-corrected chi connectivity index (χ3v) is 4.35. The number of aromatic nitrogens is 3. The molecule has 26 heavy (non-hydrogen) atoms. The summed E-state index contributed by atoms with van der Waals surface area (Å²) in [5.74, 6) is 1.27. The highest BCUT2D eigenvalue weighted by atomic mass is 16.2. The fourth-order valence-electron chi connectivity index (χ4n) is 2.91. The topological polar surface area (TPSA) is 71.0 Å². The van der Waals surface area contributed by atoms with Gasteiger partial charge in [-0.25, -0.2) is 9.97 Å². The van der Waals surface area contributed by atoms with Gasteiger partial charge >= 0.3 is 0 Å². The molecule has 2 aromatic heterocycles. The molecule has 1 aliphatic rings. The van der Waals surface area contributed by atoms with Crippen molar-refractivity contribution < 1.29 is 4.79 Å². The van der Waals surface area contributed by atoms with Crippen molar-refractivity contribution in [1.29, 1.82) is 0 Å². The Kier molecular flexibility index (Phi) is 4.31. The third-order valence-electron chi connectivity index (χ3n) is 4.35. The molecule has 0 radical (unpaired) electrons. The molecule has 1 amide bonds. The second kappa shape index (κ2) is 6.92. The molecule has 6 nitrogen and oxygen atoms in total. The molecule has 1 fully saturated rings. The van der Waals surface area contributed by atoms with Crippen LogP contribution >= 0.6 is 0 Å². The molecule has 0 aliphatic carbocycles. The van der Waals surface area contributed by atoms with Gasteiger partial charge in [-0.2, -0.15) is 0 Å². The van der Waals surface area contributed by atoms with E-state index in [4.69, 9.17) is 0 Å². The van der Waals surface area contributed by atoms with Gasteiger partial charge in [0.1, 0.15) is 17.6 Å². The van der Waals surface area contributed by atoms with Crippen molar-refractivity contribution in [2.75, 3.05) is 16.8 Å². The van der Waals surface area contributed by atoms with E-state index in [1.165, 1.54) is 0 Å². The monoisotopic (exact) mass is 345 g/mol. The summed E-state index contributed by atoms with van der Waals surface area (Å²) in [5, 5.41) is 3.24. The number of hydrogen-bond acceptors (Lipinski definition) is 5. The Labute approximate surface area is 151 Å². The molecule has 1 aromatic carbocycles. The maximum Gasteiger partial charge on any atom is 0.251 e. The molecule has 1 atom stereocenters. The van der Waals surface area contributed by atoms with E-state index >= 15 is 0 Å². The van der Waals surface area contributed by atoms with Gasteiger partial charge in [0.25, 0.3) is 5.91 Å². The van der Waals surface area contributed by atoms with Crippen molar-refractivity contribution in [3.05, 3.63) is 66.5 Å². The molecule has 0 unspecified atom stereocenters. The van der Waals surface area contributed by atoms with Gasteiger partial charge in [0.05, 0.1) is 6.54 Å². The van der Waals surface area contributed by atoms with Crippen LogP contribution in [0.3, 0.4) is 0 Å². The molecule has 0 saturated carbocycles. The number of rotatable bonds is 5. The smallest absolute Gasteiger partial charge is 0.251 e. The largest absolute Gasteiger partial charge is 0.357 e. The number of β-lactam (4-membered cyclic amide) rings is 1. The number of carbonyl (C=O) groups excluding carboxylic acids is 1. The Morgan fingerprint density at radius 2 is 1.92 bits per heavy atom. The third kappa shape index (κ3) is 3.13. The summed E-state index contributed by atoms with van der Waals surface area (Å²) in [7, 11) is 0. The van der Waals surface area contributed by atoms with Crippen LogP contribution in [0.15, 0.2) is 60.8 Å². The molecule has 3 heterocycles. The van der Waals surface area contributed by atoms with E-state index in [0.29, 0.717) is 18.2 Å². The highest BCUT2D eigenvalue weighted by Gasteiger charge is 2.37. The van der Waals surface area contributed by atoms with Crippen molar-refractivity contribution in [2.45, 2.75) is 19.4 Å². The van der Waals surface area contributed by atoms with Gasteiger partial charge in [-0.3, -0.25) is 9.78 Å². The van der Waals surface area contributed by atoms with E-state index in [1.54, 1.807) is 11.1 Å². The van der Waals surface area contributed by atoms with Gasteiger partial charge in [-0.1, -0.05) is 31.2 Å². The van der Waals surface area contributed by atoms with Crippen molar-refractivity contribution >= 4 is 17.4 Å². The summed E-state index contributed by atoms with van der Waals surface area (Å²) in [6, 6.07) is 16.9. The number of para-hydroxylation sites is 1. The molecule has 4 rings (SSSR count). The molecule has 0 spiro atoms. The van der Waals surface area contributed by atoms with Crippen LogP contribution in [0.2, 0.25) is 0 Å². The maximum absolute atomic E-state index is 12.5. The Morgan fingerprint density at radius 3 is 2.62 bits per heavy atom. The SMILES string of the molecule is CCc1cc(N[C@@H]2CN(c3ccccc3)C2=O)nc(-c2ccccn2)n1. The van der Waals surface area contributed by atoms with Gasteiger partial charge < -0.3 is 10.2 Å². The number of carbonyl (C=O) groups is 1. The zero-order valence-corrected chi connectivity index (χ0v) is 14.5.